The first-order valence-electron chi connectivity index (χ1n) is 11.7. The zero-order valence-corrected chi connectivity index (χ0v) is 21.2. The van der Waals surface area contributed by atoms with Crippen LogP contribution in [0.5, 0.6) is 11.5 Å². The highest BCUT2D eigenvalue weighted by molar-refractivity contribution is 9.10. The highest BCUT2D eigenvalue weighted by atomic mass is 79.9. The maximum absolute atomic E-state index is 14.4. The summed E-state index contributed by atoms with van der Waals surface area (Å²) in [6.45, 7) is 1.97. The normalized spacial score (nSPS) is 23.9. The Morgan fingerprint density at radius 1 is 1.27 bits per heavy atom. The summed E-state index contributed by atoms with van der Waals surface area (Å²) in [4.78, 5) is 28.0. The van der Waals surface area contributed by atoms with Crippen LogP contribution in [-0.2, 0) is 4.79 Å². The molecule has 2 atom stereocenters. The molecule has 3 N–H and O–H groups in total. The van der Waals surface area contributed by atoms with Crippen molar-refractivity contribution in [3.05, 3.63) is 51.2 Å². The van der Waals surface area contributed by atoms with E-state index in [1.807, 2.05) is 6.07 Å². The number of rotatable bonds is 5. The van der Waals surface area contributed by atoms with Gasteiger partial charge in [-0.25, -0.2) is 4.39 Å². The molecule has 2 amide bonds. The Labute approximate surface area is 218 Å². The van der Waals surface area contributed by atoms with Crippen LogP contribution < -0.4 is 25.4 Å². The zero-order chi connectivity index (χ0) is 26.7. The number of nitriles is 1. The molecule has 2 aromatic carbocycles. The Hall–Kier alpha value is -3.46. The molecule has 5 rings (SSSR count). The van der Waals surface area contributed by atoms with E-state index in [2.05, 4.69) is 26.0 Å². The van der Waals surface area contributed by atoms with Gasteiger partial charge in [-0.3, -0.25) is 9.59 Å². The first-order chi connectivity index (χ1) is 17.4. The van der Waals surface area contributed by atoms with Gasteiger partial charge >= 0.3 is 6.29 Å². The number of carbonyl (C=O) groups is 2. The van der Waals surface area contributed by atoms with E-state index in [4.69, 9.17) is 10.5 Å². The minimum atomic E-state index is -3.83. The Kier molecular flexibility index (Phi) is 6.02. The largest absolute Gasteiger partial charge is 0.586 e. The molecule has 2 aromatic rings. The van der Waals surface area contributed by atoms with Gasteiger partial charge in [0.2, 0.25) is 5.91 Å². The van der Waals surface area contributed by atoms with E-state index in [-0.39, 0.29) is 47.9 Å². The van der Waals surface area contributed by atoms with Crippen LogP contribution in [0.25, 0.3) is 0 Å². The molecular formula is C25H22BrF3N4O4. The Morgan fingerprint density at radius 3 is 2.62 bits per heavy atom. The van der Waals surface area contributed by atoms with E-state index in [9.17, 15) is 28.0 Å². The van der Waals surface area contributed by atoms with E-state index in [0.717, 1.165) is 0 Å². The number of nitrogens with one attached hydrogen (secondary N) is 1. The van der Waals surface area contributed by atoms with Crippen molar-refractivity contribution in [2.75, 3.05) is 11.4 Å². The predicted octanol–water partition coefficient (Wildman–Crippen LogP) is 4.30. The zero-order valence-electron chi connectivity index (χ0n) is 19.6. The number of hydrogen-bond donors (Lipinski definition) is 2. The smallest absolute Gasteiger partial charge is 0.395 e. The number of alkyl halides is 2. The summed E-state index contributed by atoms with van der Waals surface area (Å²) in [5.74, 6) is -2.54. The summed E-state index contributed by atoms with van der Waals surface area (Å²) in [5, 5.41) is 12.3. The summed E-state index contributed by atoms with van der Waals surface area (Å²) in [6.07, 6.45) is -2.27. The first kappa shape index (κ1) is 25.2. The average Bonchev–Trinajstić information content (AvgIpc) is 3.59. The second-order valence-corrected chi connectivity index (χ2v) is 10.5. The molecule has 194 valence electrons. The number of benzene rings is 2. The van der Waals surface area contributed by atoms with E-state index in [1.165, 1.54) is 18.2 Å². The number of amides is 2. The monoisotopic (exact) mass is 578 g/mol. The molecule has 2 aliphatic heterocycles. The van der Waals surface area contributed by atoms with Crippen molar-refractivity contribution >= 4 is 33.4 Å². The summed E-state index contributed by atoms with van der Waals surface area (Å²) < 4.78 is 51.6. The third-order valence-corrected chi connectivity index (χ3v) is 7.53. The summed E-state index contributed by atoms with van der Waals surface area (Å²) in [7, 11) is 0. The molecule has 37 heavy (non-hydrogen) atoms. The van der Waals surface area contributed by atoms with E-state index >= 15 is 0 Å². The number of piperidine rings is 1. The van der Waals surface area contributed by atoms with E-state index in [1.54, 1.807) is 17.9 Å². The highest BCUT2D eigenvalue weighted by Gasteiger charge is 2.49. The maximum atomic E-state index is 14.4. The fourth-order valence-corrected chi connectivity index (χ4v) is 5.61. The fourth-order valence-electron chi connectivity index (χ4n) is 5.20. The predicted molar refractivity (Wildman–Crippen MR) is 129 cm³/mol. The lowest BCUT2D eigenvalue weighted by molar-refractivity contribution is -0.286. The van der Waals surface area contributed by atoms with Crippen molar-refractivity contribution in [2.45, 2.75) is 56.4 Å². The van der Waals surface area contributed by atoms with Crippen molar-refractivity contribution in [2.24, 2.45) is 5.73 Å². The molecule has 2 heterocycles. The van der Waals surface area contributed by atoms with Gasteiger partial charge in [0.05, 0.1) is 5.69 Å². The van der Waals surface area contributed by atoms with Gasteiger partial charge in [-0.2, -0.15) is 5.26 Å². The van der Waals surface area contributed by atoms with Gasteiger partial charge in [0.15, 0.2) is 11.5 Å². The first-order valence-corrected chi connectivity index (χ1v) is 12.4. The molecular weight excluding hydrogens is 557 g/mol. The van der Waals surface area contributed by atoms with Crippen molar-refractivity contribution < 1.29 is 32.2 Å². The van der Waals surface area contributed by atoms with Gasteiger partial charge in [0.25, 0.3) is 5.91 Å². The number of hydrogen-bond acceptors (Lipinski definition) is 6. The van der Waals surface area contributed by atoms with Gasteiger partial charge in [-0.1, -0.05) is 15.9 Å². The topological polar surface area (TPSA) is 118 Å². The average molecular weight is 579 g/mol. The maximum Gasteiger partial charge on any atom is 0.586 e. The summed E-state index contributed by atoms with van der Waals surface area (Å²) in [5.41, 5.74) is 4.99. The van der Waals surface area contributed by atoms with E-state index in [0.29, 0.717) is 28.6 Å². The molecule has 0 unspecified atom stereocenters. The highest BCUT2D eigenvalue weighted by Crippen LogP contribution is 2.53. The Bertz CT molecular complexity index is 1360. The molecule has 0 bridgehead atoms. The molecule has 0 spiro atoms. The molecule has 2 fully saturated rings. The van der Waals surface area contributed by atoms with Crippen LogP contribution in [0.1, 0.15) is 60.0 Å². The number of carbonyl (C=O) groups excluding carboxylic acids is 2. The van der Waals surface area contributed by atoms with Crippen LogP contribution in [0.4, 0.5) is 18.9 Å². The van der Waals surface area contributed by atoms with Crippen LogP contribution in [-0.4, -0.2) is 36.2 Å². The van der Waals surface area contributed by atoms with Crippen LogP contribution in [0, 0.1) is 17.1 Å². The minimum absolute atomic E-state index is 0.0778. The second-order valence-electron chi connectivity index (χ2n) is 9.59. The Morgan fingerprint density at radius 2 is 2.00 bits per heavy atom. The van der Waals surface area contributed by atoms with Gasteiger partial charge < -0.3 is 25.4 Å². The fraction of sp³-hybridized carbons (Fsp3) is 0.400. The molecule has 0 radical (unpaired) electrons. The number of anilines is 1. The van der Waals surface area contributed by atoms with Gasteiger partial charge in [0.1, 0.15) is 23.0 Å². The van der Waals surface area contributed by atoms with Gasteiger partial charge in [0, 0.05) is 28.2 Å². The SMILES string of the molecule is C[C@H]1C[C@@](NC(=O)c2ccc3c(c2C2CC2)OC(F)(F)O3)(C(N)=O)CCN1c1cc(Br)cc(F)c1C#N. The Balaban J connectivity index is 1.43. The lowest BCUT2D eigenvalue weighted by Gasteiger charge is -2.45. The number of fused-ring (bicyclic) bond motifs is 1. The number of nitrogens with zero attached hydrogens (tertiary/aromatic N) is 2. The number of primary amides is 1. The molecule has 1 saturated heterocycles. The molecule has 3 aliphatic rings. The second kappa shape index (κ2) is 8.83. The van der Waals surface area contributed by atoms with Crippen LogP contribution in [0.3, 0.4) is 0 Å². The third-order valence-electron chi connectivity index (χ3n) is 7.08. The van der Waals surface area contributed by atoms with Crippen molar-refractivity contribution in [1.29, 1.82) is 5.26 Å². The lowest BCUT2D eigenvalue weighted by Crippen LogP contribution is -2.64. The quantitative estimate of drug-likeness (QED) is 0.546. The summed E-state index contributed by atoms with van der Waals surface area (Å²) >= 11 is 3.25. The molecule has 8 nitrogen and oxygen atoms in total. The number of halogens is 4. The van der Waals surface area contributed by atoms with Crippen LogP contribution in [0.15, 0.2) is 28.7 Å². The van der Waals surface area contributed by atoms with Crippen LogP contribution >= 0.6 is 15.9 Å². The summed E-state index contributed by atoms with van der Waals surface area (Å²) in [6, 6.07) is 6.90. The van der Waals surface area contributed by atoms with E-state index < -0.39 is 35.5 Å². The molecule has 1 aliphatic carbocycles. The van der Waals surface area contributed by atoms with Crippen LogP contribution in [0.2, 0.25) is 0 Å². The van der Waals surface area contributed by atoms with Crippen molar-refractivity contribution in [3.8, 4) is 17.6 Å². The van der Waals surface area contributed by atoms with Crippen molar-refractivity contribution in [3.63, 3.8) is 0 Å². The number of ether oxygens (including phenoxy) is 2. The molecule has 12 heteroatoms. The van der Waals surface area contributed by atoms with Gasteiger partial charge in [-0.05, 0) is 62.8 Å². The standard InChI is InChI=1S/C25H22BrF3N4O4/c1-12-10-24(23(31)35,6-7-33(12)18-9-14(26)8-17(27)16(18)11-30)32-22(34)15-4-5-19-21(20(15)13-2-3-13)37-25(28,29)36-19/h4-5,8-9,12-13H,2-3,6-7,10H2,1H3,(H2,31,35)(H,32,34)/t12-,24+/m0/s1. The van der Waals surface area contributed by atoms with Crippen molar-refractivity contribution in [1.82, 2.24) is 5.32 Å². The number of nitrogens with two attached hydrogens (primary N) is 1. The molecule has 0 aromatic heterocycles. The third kappa shape index (κ3) is 4.45. The minimum Gasteiger partial charge on any atom is -0.395 e. The van der Waals surface area contributed by atoms with Gasteiger partial charge in [-0.15, -0.1) is 8.78 Å². The lowest BCUT2D eigenvalue weighted by atomic mass is 9.82. The molecule has 1 saturated carbocycles.